The lowest BCUT2D eigenvalue weighted by molar-refractivity contribution is 0.0693. The van der Waals surface area contributed by atoms with Crippen molar-refractivity contribution in [3.05, 3.63) is 34.7 Å². The highest BCUT2D eigenvalue weighted by Crippen LogP contribution is 2.34. The highest BCUT2D eigenvalue weighted by molar-refractivity contribution is 6.36. The number of fused-ring (bicyclic) bond motifs is 3. The smallest absolute Gasteiger partial charge is 0.358 e. The van der Waals surface area contributed by atoms with E-state index < -0.39 is 5.97 Å². The number of hydrogen-bond acceptors (Lipinski definition) is 5. The molecule has 25 heavy (non-hydrogen) atoms. The van der Waals surface area contributed by atoms with Crippen molar-refractivity contribution in [2.24, 2.45) is 0 Å². The van der Waals surface area contributed by atoms with E-state index in [2.05, 4.69) is 14.9 Å². The molecule has 3 aromatic rings. The highest BCUT2D eigenvalue weighted by atomic mass is 35.5. The Kier molecular flexibility index (Phi) is 3.97. The number of benzene rings is 1. The number of hydrogen-bond donors (Lipinski definition) is 1. The Morgan fingerprint density at radius 2 is 2.08 bits per heavy atom. The first-order chi connectivity index (χ1) is 12.1. The highest BCUT2D eigenvalue weighted by Gasteiger charge is 2.24. The normalized spacial score (nSPS) is 15.2. The van der Waals surface area contributed by atoms with Crippen molar-refractivity contribution in [3.63, 3.8) is 0 Å². The van der Waals surface area contributed by atoms with Crippen LogP contribution in [0, 0.1) is 0 Å². The van der Waals surface area contributed by atoms with Gasteiger partial charge in [0.15, 0.2) is 11.3 Å². The number of ether oxygens (including phenoxy) is 1. The molecule has 1 aromatic carbocycles. The average Bonchev–Trinajstić information content (AvgIpc) is 3.01. The molecule has 130 valence electrons. The van der Waals surface area contributed by atoms with Crippen LogP contribution in [0.5, 0.6) is 0 Å². The molecule has 7 nitrogen and oxygen atoms in total. The summed E-state index contributed by atoms with van der Waals surface area (Å²) >= 11 is 6.50. The Balaban J connectivity index is 2.12. The number of carboxylic acids is 1. The van der Waals surface area contributed by atoms with Crippen LogP contribution in [0.2, 0.25) is 5.02 Å². The summed E-state index contributed by atoms with van der Waals surface area (Å²) in [5.41, 5.74) is 1.13. The molecule has 1 fully saturated rings. The molecule has 0 bridgehead atoms. The van der Waals surface area contributed by atoms with Crippen molar-refractivity contribution in [2.45, 2.75) is 13.3 Å². The van der Waals surface area contributed by atoms with Gasteiger partial charge in [0.2, 0.25) is 0 Å². The molecule has 1 saturated heterocycles. The molecule has 0 atom stereocenters. The lowest BCUT2D eigenvalue weighted by atomic mass is 10.2. The number of aromatic carboxylic acids is 1. The molecule has 0 aliphatic carbocycles. The van der Waals surface area contributed by atoms with Gasteiger partial charge in [0.25, 0.3) is 0 Å². The number of carboxylic acid groups (broad SMARTS) is 1. The van der Waals surface area contributed by atoms with E-state index in [0.717, 1.165) is 10.9 Å². The molecule has 0 spiro atoms. The zero-order valence-electron chi connectivity index (χ0n) is 13.7. The number of aryl methyl sites for hydroxylation is 1. The van der Waals surface area contributed by atoms with Crippen molar-refractivity contribution >= 4 is 39.9 Å². The quantitative estimate of drug-likeness (QED) is 0.773. The second-order valence-corrected chi connectivity index (χ2v) is 6.27. The van der Waals surface area contributed by atoms with Crippen molar-refractivity contribution in [1.29, 1.82) is 0 Å². The predicted octanol–water partition coefficient (Wildman–Crippen LogP) is 2.63. The first-order valence-electron chi connectivity index (χ1n) is 8.17. The van der Waals surface area contributed by atoms with E-state index in [1.165, 1.54) is 0 Å². The minimum Gasteiger partial charge on any atom is -0.476 e. The summed E-state index contributed by atoms with van der Waals surface area (Å²) in [5, 5.41) is 10.9. The van der Waals surface area contributed by atoms with E-state index in [9.17, 15) is 9.90 Å². The van der Waals surface area contributed by atoms with Gasteiger partial charge < -0.3 is 14.7 Å². The maximum atomic E-state index is 11.7. The van der Waals surface area contributed by atoms with Gasteiger partial charge >= 0.3 is 5.97 Å². The molecule has 2 aromatic heterocycles. The number of morpholine rings is 1. The fraction of sp³-hybridized carbons (Fsp3) is 0.353. The minimum absolute atomic E-state index is 0.0340. The number of imidazole rings is 1. The third kappa shape index (κ3) is 2.51. The Morgan fingerprint density at radius 3 is 2.76 bits per heavy atom. The standard InChI is InChI=1S/C17H17ClN4O3/c1-2-12-19-14(17(23)24)16-20-15(21-6-8-25-9-7-21)13-10(18)4-3-5-11(13)22(12)16/h3-5H,2,6-9H2,1H3,(H,23,24). The second-order valence-electron chi connectivity index (χ2n) is 5.86. The van der Waals surface area contributed by atoms with E-state index in [1.807, 2.05) is 25.1 Å². The molecule has 4 rings (SSSR count). The fourth-order valence-corrected chi connectivity index (χ4v) is 3.53. The van der Waals surface area contributed by atoms with E-state index >= 15 is 0 Å². The van der Waals surface area contributed by atoms with Gasteiger partial charge in [0, 0.05) is 19.5 Å². The van der Waals surface area contributed by atoms with Gasteiger partial charge in [0.05, 0.1) is 29.1 Å². The van der Waals surface area contributed by atoms with Crippen LogP contribution in [-0.2, 0) is 11.2 Å². The van der Waals surface area contributed by atoms with E-state index in [1.54, 1.807) is 4.40 Å². The molecule has 1 N–H and O–H groups in total. The maximum absolute atomic E-state index is 11.7. The fourth-order valence-electron chi connectivity index (χ4n) is 3.27. The number of aromatic nitrogens is 3. The van der Waals surface area contributed by atoms with Crippen LogP contribution in [0.25, 0.3) is 16.6 Å². The largest absolute Gasteiger partial charge is 0.476 e. The van der Waals surface area contributed by atoms with E-state index in [4.69, 9.17) is 16.3 Å². The summed E-state index contributed by atoms with van der Waals surface area (Å²) in [6.07, 6.45) is 0.592. The van der Waals surface area contributed by atoms with Crippen molar-refractivity contribution in [2.75, 3.05) is 31.2 Å². The molecule has 1 aliphatic heterocycles. The summed E-state index contributed by atoms with van der Waals surface area (Å²) in [5.74, 6) is 0.251. The average molecular weight is 361 g/mol. The van der Waals surface area contributed by atoms with Gasteiger partial charge in [-0.15, -0.1) is 0 Å². The van der Waals surface area contributed by atoms with Crippen molar-refractivity contribution < 1.29 is 14.6 Å². The molecular formula is C17H17ClN4O3. The zero-order chi connectivity index (χ0) is 17.6. The zero-order valence-corrected chi connectivity index (χ0v) is 14.5. The van der Waals surface area contributed by atoms with Crippen LogP contribution in [0.1, 0.15) is 23.2 Å². The SMILES string of the molecule is CCc1nc(C(=O)O)c2nc(N3CCOCC3)c3c(Cl)cccc3n12. The lowest BCUT2D eigenvalue weighted by Gasteiger charge is -2.29. The predicted molar refractivity (Wildman–Crippen MR) is 94.9 cm³/mol. The first kappa shape index (κ1) is 16.1. The number of rotatable bonds is 3. The van der Waals surface area contributed by atoms with Gasteiger partial charge in [-0.2, -0.15) is 0 Å². The minimum atomic E-state index is -1.08. The Labute approximate surface area is 148 Å². The third-order valence-electron chi connectivity index (χ3n) is 4.42. The summed E-state index contributed by atoms with van der Waals surface area (Å²) in [4.78, 5) is 22.7. The summed E-state index contributed by atoms with van der Waals surface area (Å²) in [7, 11) is 0. The Morgan fingerprint density at radius 1 is 1.32 bits per heavy atom. The summed E-state index contributed by atoms with van der Waals surface area (Å²) < 4.78 is 7.22. The number of carbonyl (C=O) groups is 1. The van der Waals surface area contributed by atoms with Crippen LogP contribution in [0.4, 0.5) is 5.82 Å². The van der Waals surface area contributed by atoms with Gasteiger partial charge in [0.1, 0.15) is 11.6 Å². The second kappa shape index (κ2) is 6.16. The van der Waals surface area contributed by atoms with Gasteiger partial charge in [-0.1, -0.05) is 24.6 Å². The third-order valence-corrected chi connectivity index (χ3v) is 4.73. The Bertz CT molecular complexity index is 979. The van der Waals surface area contributed by atoms with Crippen LogP contribution in [-0.4, -0.2) is 51.7 Å². The summed E-state index contributed by atoms with van der Waals surface area (Å²) in [6, 6.07) is 5.60. The van der Waals surface area contributed by atoms with Crippen LogP contribution in [0.15, 0.2) is 18.2 Å². The van der Waals surface area contributed by atoms with Gasteiger partial charge in [-0.05, 0) is 12.1 Å². The molecule has 1 aliphatic rings. The number of halogens is 1. The molecule has 0 saturated carbocycles. The maximum Gasteiger partial charge on any atom is 0.358 e. The monoisotopic (exact) mass is 360 g/mol. The Hall–Kier alpha value is -2.38. The van der Waals surface area contributed by atoms with Crippen molar-refractivity contribution in [1.82, 2.24) is 14.4 Å². The van der Waals surface area contributed by atoms with Crippen LogP contribution < -0.4 is 4.90 Å². The van der Waals surface area contributed by atoms with E-state index in [-0.39, 0.29) is 5.69 Å². The number of nitrogens with zero attached hydrogens (tertiary/aromatic N) is 4. The topological polar surface area (TPSA) is 80.0 Å². The van der Waals surface area contributed by atoms with Crippen molar-refractivity contribution in [3.8, 4) is 0 Å². The van der Waals surface area contributed by atoms with Gasteiger partial charge in [-0.25, -0.2) is 14.8 Å². The van der Waals surface area contributed by atoms with E-state index in [0.29, 0.717) is 55.0 Å². The molecule has 8 heteroatoms. The molecule has 0 radical (unpaired) electrons. The van der Waals surface area contributed by atoms with Crippen LogP contribution >= 0.6 is 11.6 Å². The molecular weight excluding hydrogens is 344 g/mol. The summed E-state index contributed by atoms with van der Waals surface area (Å²) in [6.45, 7) is 4.50. The van der Waals surface area contributed by atoms with Crippen LogP contribution in [0.3, 0.4) is 0 Å². The molecule has 3 heterocycles. The molecule has 0 amide bonds. The molecule has 0 unspecified atom stereocenters. The lowest BCUT2D eigenvalue weighted by Crippen LogP contribution is -2.37. The first-order valence-corrected chi connectivity index (χ1v) is 8.55. The number of anilines is 1. The van der Waals surface area contributed by atoms with Gasteiger partial charge in [-0.3, -0.25) is 4.40 Å².